The van der Waals surface area contributed by atoms with Crippen LogP contribution >= 0.6 is 11.3 Å². The molecule has 0 aliphatic rings. The molecule has 0 saturated heterocycles. The molecule has 6 heteroatoms. The van der Waals surface area contributed by atoms with Crippen molar-refractivity contribution >= 4 is 48.8 Å². The fourth-order valence-corrected chi connectivity index (χ4v) is 8.17. The third-order valence-electron chi connectivity index (χ3n) is 9.34. The summed E-state index contributed by atoms with van der Waals surface area (Å²) in [4.78, 5) is 18.4. The number of aryl methyl sites for hydroxylation is 1. The minimum absolute atomic E-state index is 0.371. The van der Waals surface area contributed by atoms with Crippen molar-refractivity contribution in [2.45, 2.75) is 46.5 Å². The number of rotatable bonds is 8. The normalized spacial score (nSPS) is 11.7. The molecule has 0 N–H and O–H groups in total. The van der Waals surface area contributed by atoms with Gasteiger partial charge >= 0.3 is 0 Å². The number of thiophene rings is 1. The van der Waals surface area contributed by atoms with Crippen LogP contribution in [0.25, 0.3) is 48.6 Å². The number of imidazole rings is 1. The van der Waals surface area contributed by atoms with Gasteiger partial charge < -0.3 is 0 Å². The lowest BCUT2D eigenvalue weighted by Gasteiger charge is -2.25. The fourth-order valence-electron chi connectivity index (χ4n) is 6.93. The summed E-state index contributed by atoms with van der Waals surface area (Å²) in [5.41, 5.74) is 10.0. The molecule has 0 radical (unpaired) electrons. The summed E-state index contributed by atoms with van der Waals surface area (Å²) in [6.07, 6.45) is 4.01. The molecule has 0 saturated carbocycles. The van der Waals surface area contributed by atoms with E-state index < -0.39 is 0 Å². The van der Waals surface area contributed by atoms with Gasteiger partial charge in [0.05, 0.1) is 11.4 Å². The zero-order valence-electron chi connectivity index (χ0n) is 29.0. The Morgan fingerprint density at radius 2 is 1.38 bits per heavy atom. The van der Waals surface area contributed by atoms with E-state index in [9.17, 15) is 0 Å². The van der Waals surface area contributed by atoms with E-state index in [1.165, 1.54) is 32.3 Å². The van der Waals surface area contributed by atoms with E-state index in [-0.39, 0.29) is 0 Å². The van der Waals surface area contributed by atoms with Crippen LogP contribution in [0.4, 0.5) is 17.2 Å². The Hall–Kier alpha value is -5.59. The van der Waals surface area contributed by atoms with E-state index in [1.54, 1.807) is 11.3 Å². The molecule has 4 aromatic heterocycles. The van der Waals surface area contributed by atoms with Crippen molar-refractivity contribution in [3.8, 4) is 28.3 Å². The summed E-state index contributed by atoms with van der Waals surface area (Å²) in [7, 11) is 0. The molecule has 0 atom stereocenters. The molecule has 4 heterocycles. The molecule has 0 unspecified atom stereocenters. The molecule has 0 spiro atoms. The van der Waals surface area contributed by atoms with E-state index in [1.807, 2.05) is 13.1 Å². The first-order chi connectivity index (χ1) is 24.4. The molecular weight excluding hydrogens is 631 g/mol. The first-order valence-corrected chi connectivity index (χ1v) is 18.1. The molecule has 5 nitrogen and oxygen atoms in total. The van der Waals surface area contributed by atoms with Gasteiger partial charge in [0.2, 0.25) is 0 Å². The van der Waals surface area contributed by atoms with E-state index in [4.69, 9.17) is 15.0 Å². The summed E-state index contributed by atoms with van der Waals surface area (Å²) in [5.74, 6) is 2.50. The molecular formula is C44H39N5S. The topological polar surface area (TPSA) is 46.8 Å². The lowest BCUT2D eigenvalue weighted by Crippen LogP contribution is -2.12. The van der Waals surface area contributed by atoms with Crippen LogP contribution in [0, 0.1) is 6.92 Å². The zero-order valence-corrected chi connectivity index (χ0v) is 29.8. The highest BCUT2D eigenvalue weighted by molar-refractivity contribution is 7.26. The first-order valence-electron chi connectivity index (χ1n) is 17.3. The van der Waals surface area contributed by atoms with Gasteiger partial charge in [-0.05, 0) is 78.4 Å². The molecule has 4 aromatic carbocycles. The van der Waals surface area contributed by atoms with Crippen LogP contribution in [-0.4, -0.2) is 19.5 Å². The number of fused-ring (bicyclic) bond motifs is 3. The number of hydrogen-bond donors (Lipinski definition) is 0. The summed E-state index contributed by atoms with van der Waals surface area (Å²) >= 11 is 1.74. The molecule has 246 valence electrons. The van der Waals surface area contributed by atoms with Crippen molar-refractivity contribution in [2.24, 2.45) is 0 Å². The summed E-state index contributed by atoms with van der Waals surface area (Å²) in [6, 6.07) is 42.9. The predicted molar refractivity (Wildman–Crippen MR) is 211 cm³/mol. The summed E-state index contributed by atoms with van der Waals surface area (Å²) in [6.45, 7) is 11.1. The quantitative estimate of drug-likeness (QED) is 0.162. The average Bonchev–Trinajstić information content (AvgIpc) is 3.77. The molecule has 0 bridgehead atoms. The van der Waals surface area contributed by atoms with Crippen molar-refractivity contribution in [3.63, 3.8) is 0 Å². The van der Waals surface area contributed by atoms with Crippen molar-refractivity contribution in [2.75, 3.05) is 4.90 Å². The molecule has 0 aliphatic heterocycles. The van der Waals surface area contributed by atoms with Crippen LogP contribution in [0.5, 0.6) is 0 Å². The Balaban J connectivity index is 1.26. The predicted octanol–water partition coefficient (Wildman–Crippen LogP) is 12.4. The van der Waals surface area contributed by atoms with Gasteiger partial charge in [-0.15, -0.1) is 11.3 Å². The Labute approximate surface area is 297 Å². The number of benzene rings is 4. The third kappa shape index (κ3) is 5.65. The van der Waals surface area contributed by atoms with Gasteiger partial charge in [-0.25, -0.2) is 15.0 Å². The molecule has 0 amide bonds. The van der Waals surface area contributed by atoms with Gasteiger partial charge in [-0.2, -0.15) is 0 Å². The molecule has 50 heavy (non-hydrogen) atoms. The van der Waals surface area contributed by atoms with E-state index >= 15 is 0 Å². The van der Waals surface area contributed by atoms with E-state index in [0.29, 0.717) is 11.8 Å². The second-order valence-electron chi connectivity index (χ2n) is 13.4. The van der Waals surface area contributed by atoms with Crippen LogP contribution < -0.4 is 4.90 Å². The van der Waals surface area contributed by atoms with Crippen molar-refractivity contribution < 1.29 is 0 Å². The standard InChI is InChI=1S/C44H39N5S/c1-28(2)34-17-10-18-35(29(3)4)41(34)48-26-25-45-43(48)31-13-9-16-33(27-31)49(32-14-7-6-8-15-32)40-22-12-21-39(47-40)38-20-11-19-36-37-24-23-30(5)46-44(37)50-42(36)38/h6-29H,1-5H3. The maximum absolute atomic E-state index is 5.34. The summed E-state index contributed by atoms with van der Waals surface area (Å²) in [5, 5.41) is 2.40. The molecule has 0 fully saturated rings. The van der Waals surface area contributed by atoms with Crippen LogP contribution in [0.3, 0.4) is 0 Å². The number of para-hydroxylation sites is 2. The minimum Gasteiger partial charge on any atom is -0.299 e. The van der Waals surface area contributed by atoms with E-state index in [0.717, 1.165) is 50.4 Å². The number of aromatic nitrogens is 4. The first kappa shape index (κ1) is 31.7. The second-order valence-corrected chi connectivity index (χ2v) is 14.4. The second kappa shape index (κ2) is 13.0. The molecule has 8 aromatic rings. The fraction of sp³-hybridized carbons (Fsp3) is 0.159. The lowest BCUT2D eigenvalue weighted by molar-refractivity contribution is 0.806. The van der Waals surface area contributed by atoms with Gasteiger partial charge in [0, 0.05) is 56.1 Å². The highest BCUT2D eigenvalue weighted by atomic mass is 32.1. The summed E-state index contributed by atoms with van der Waals surface area (Å²) < 4.78 is 3.48. The van der Waals surface area contributed by atoms with Gasteiger partial charge in [-0.1, -0.05) is 100 Å². The van der Waals surface area contributed by atoms with Crippen LogP contribution in [0.2, 0.25) is 0 Å². The number of pyridine rings is 2. The van der Waals surface area contributed by atoms with Crippen LogP contribution in [0.1, 0.15) is 56.4 Å². The zero-order chi connectivity index (χ0) is 34.4. The van der Waals surface area contributed by atoms with E-state index in [2.05, 4.69) is 165 Å². The van der Waals surface area contributed by atoms with Crippen molar-refractivity contribution in [1.29, 1.82) is 0 Å². The van der Waals surface area contributed by atoms with Crippen LogP contribution in [-0.2, 0) is 0 Å². The Morgan fingerprint density at radius 1 is 0.660 bits per heavy atom. The number of anilines is 3. The Bertz CT molecular complexity index is 2450. The van der Waals surface area contributed by atoms with Crippen LogP contribution in [0.15, 0.2) is 134 Å². The van der Waals surface area contributed by atoms with Crippen molar-refractivity contribution in [3.05, 3.63) is 151 Å². The Kier molecular flexibility index (Phi) is 8.25. The monoisotopic (exact) mass is 669 g/mol. The SMILES string of the molecule is Cc1ccc2c(n1)sc1c(-c3cccc(N(c4ccccc4)c4cccc(-c5nccn5-c5c(C(C)C)cccc5C(C)C)c4)n3)cccc12. The number of nitrogens with zero attached hydrogens (tertiary/aromatic N) is 5. The highest BCUT2D eigenvalue weighted by Crippen LogP contribution is 2.41. The molecule has 0 aliphatic carbocycles. The number of hydrogen-bond acceptors (Lipinski definition) is 5. The maximum atomic E-state index is 5.34. The Morgan fingerprint density at radius 3 is 2.16 bits per heavy atom. The lowest BCUT2D eigenvalue weighted by atomic mass is 9.92. The smallest absolute Gasteiger partial charge is 0.144 e. The molecule has 8 rings (SSSR count). The van der Waals surface area contributed by atoms with Gasteiger partial charge in [0.1, 0.15) is 16.5 Å². The largest absolute Gasteiger partial charge is 0.299 e. The van der Waals surface area contributed by atoms with Gasteiger partial charge in [-0.3, -0.25) is 9.47 Å². The average molecular weight is 670 g/mol. The highest BCUT2D eigenvalue weighted by Gasteiger charge is 2.21. The minimum atomic E-state index is 0.371. The van der Waals surface area contributed by atoms with Gasteiger partial charge in [0.15, 0.2) is 0 Å². The third-order valence-corrected chi connectivity index (χ3v) is 10.5. The van der Waals surface area contributed by atoms with Crippen molar-refractivity contribution in [1.82, 2.24) is 19.5 Å². The maximum Gasteiger partial charge on any atom is 0.144 e. The van der Waals surface area contributed by atoms with Gasteiger partial charge in [0.25, 0.3) is 0 Å².